The van der Waals surface area contributed by atoms with E-state index in [2.05, 4.69) is 5.09 Å². The first kappa shape index (κ1) is 19.8. The van der Waals surface area contributed by atoms with E-state index in [0.717, 1.165) is 0 Å². The smallest absolute Gasteiger partial charge is 0.313 e. The predicted molar refractivity (Wildman–Crippen MR) is 58.9 cm³/mol. The van der Waals surface area contributed by atoms with Crippen molar-refractivity contribution in [3.8, 4) is 5.75 Å². The summed E-state index contributed by atoms with van der Waals surface area (Å²) < 4.78 is 17.2. The molecule has 6 heteroatoms. The Morgan fingerprint density at radius 2 is 1.69 bits per heavy atom. The molecule has 1 aromatic carbocycles. The van der Waals surface area contributed by atoms with Crippen LogP contribution >= 0.6 is 7.52 Å². The van der Waals surface area contributed by atoms with Crippen LogP contribution in [0.1, 0.15) is 13.8 Å². The number of para-hydroxylation sites is 1. The minimum atomic E-state index is -2.72. The van der Waals surface area contributed by atoms with Crippen LogP contribution in [0.2, 0.25) is 0 Å². The number of rotatable bonds is 4. The van der Waals surface area contributed by atoms with Gasteiger partial charge in [-0.25, -0.2) is 5.09 Å². The van der Waals surface area contributed by atoms with Gasteiger partial charge in [-0.2, -0.15) is 0 Å². The topological polar surface area (TPSA) is 38.3 Å². The molecule has 0 aliphatic heterocycles. The molecule has 1 N–H and O–H groups in total. The van der Waals surface area contributed by atoms with Crippen LogP contribution in [-0.4, -0.2) is 12.7 Å². The summed E-state index contributed by atoms with van der Waals surface area (Å²) in [6.45, 7) is 5.45. The van der Waals surface area contributed by atoms with Gasteiger partial charge < -0.3 is 4.52 Å². The van der Waals surface area contributed by atoms with Crippen molar-refractivity contribution in [2.24, 2.45) is 0 Å². The number of nitrogens with one attached hydrogen (secondary N) is 1. The summed E-state index contributed by atoms with van der Waals surface area (Å²) in [5.74, 6) is 0.631. The molecule has 84 valence electrons. The Hall–Kier alpha value is 1.42. The van der Waals surface area contributed by atoms with E-state index in [-0.39, 0.29) is 71.5 Å². The Labute approximate surface area is 148 Å². The monoisotopic (exact) mass is 391 g/mol. The molecule has 16 heavy (non-hydrogen) atoms. The average Bonchev–Trinajstić information content (AvgIpc) is 2.02. The van der Waals surface area contributed by atoms with Crippen molar-refractivity contribution >= 4 is 7.52 Å². The first-order valence-corrected chi connectivity index (χ1v) is 6.67. The van der Waals surface area contributed by atoms with Crippen LogP contribution in [0, 0.1) is 0 Å². The van der Waals surface area contributed by atoms with Gasteiger partial charge in [-0.3, -0.25) is 4.57 Å². The van der Waals surface area contributed by atoms with Gasteiger partial charge in [-0.05, 0) is 26.0 Å². The summed E-state index contributed by atoms with van der Waals surface area (Å²) in [4.78, 5) is 0. The maximum atomic E-state index is 11.9. The zero-order valence-electron chi connectivity index (χ0n) is 9.88. The first-order valence-electron chi connectivity index (χ1n) is 4.59. The molecule has 0 amide bonds. The normalized spacial score (nSPS) is 13.2. The second-order valence-corrected chi connectivity index (χ2v) is 5.67. The third-order valence-corrected chi connectivity index (χ3v) is 3.06. The Morgan fingerprint density at radius 1 is 1.19 bits per heavy atom. The molecule has 0 spiro atoms. The van der Waals surface area contributed by atoms with Crippen LogP contribution in [0.25, 0.3) is 0 Å². The quantitative estimate of drug-likeness (QED) is 0.803. The molecular weight excluding hydrogens is 375 g/mol. The number of benzene rings is 1. The summed E-state index contributed by atoms with van der Waals surface area (Å²) in [6.07, 6.45) is 0. The zero-order valence-corrected chi connectivity index (χ0v) is 16.5. The van der Waals surface area contributed by atoms with Gasteiger partial charge in [0, 0.05) is 78.1 Å². The van der Waals surface area contributed by atoms with Crippen LogP contribution in [0.15, 0.2) is 30.3 Å². The molecule has 0 aliphatic carbocycles. The van der Waals surface area contributed by atoms with Crippen LogP contribution in [0.5, 0.6) is 5.75 Å². The fraction of sp³-hybridized carbons (Fsp3) is 0.400. The first-order chi connectivity index (χ1) is 6.49. The average molecular weight is 391 g/mol. The van der Waals surface area contributed by atoms with E-state index in [9.17, 15) is 4.57 Å². The molecule has 1 aromatic rings. The van der Waals surface area contributed by atoms with Gasteiger partial charge in [-0.15, -0.1) is 0 Å². The van der Waals surface area contributed by atoms with Crippen LogP contribution in [-0.2, 0) is 70.0 Å². The van der Waals surface area contributed by atoms with Gasteiger partial charge >= 0.3 is 7.52 Å². The van der Waals surface area contributed by atoms with Crippen LogP contribution in [0.3, 0.4) is 0 Å². The fourth-order valence-electron chi connectivity index (χ4n) is 1.18. The van der Waals surface area contributed by atoms with Crippen molar-refractivity contribution in [1.29, 1.82) is 0 Å². The molecule has 2 radical (unpaired) electrons. The van der Waals surface area contributed by atoms with Gasteiger partial charge in [0.25, 0.3) is 0 Å². The van der Waals surface area contributed by atoms with Crippen LogP contribution in [0.4, 0.5) is 0 Å². The molecule has 3 nitrogen and oxygen atoms in total. The van der Waals surface area contributed by atoms with E-state index in [0.29, 0.717) is 5.75 Å². The van der Waals surface area contributed by atoms with E-state index in [1.165, 1.54) is 0 Å². The summed E-state index contributed by atoms with van der Waals surface area (Å²) in [5, 5.41) is 2.90. The second-order valence-electron chi connectivity index (χ2n) is 3.53. The van der Waals surface area contributed by atoms with E-state index in [4.69, 9.17) is 4.52 Å². The van der Waals surface area contributed by atoms with Crippen molar-refractivity contribution in [2.45, 2.75) is 19.9 Å². The third kappa shape index (κ3) is 8.50. The summed E-state index contributed by atoms with van der Waals surface area (Å²) in [6, 6.07) is 9.32. The molecule has 0 saturated heterocycles. The molecular formula is C10H16NO2PY2. The van der Waals surface area contributed by atoms with Crippen molar-refractivity contribution in [3.63, 3.8) is 0 Å². The van der Waals surface area contributed by atoms with Crippen LogP contribution < -0.4 is 9.61 Å². The zero-order chi connectivity index (χ0) is 10.6. The molecule has 0 saturated carbocycles. The third-order valence-electron chi connectivity index (χ3n) is 1.52. The minimum Gasteiger partial charge on any atom is -0.433 e. The summed E-state index contributed by atoms with van der Waals surface area (Å²) in [5.41, 5.74) is 0. The summed E-state index contributed by atoms with van der Waals surface area (Å²) >= 11 is 0. The molecule has 0 aliphatic rings. The van der Waals surface area contributed by atoms with Crippen molar-refractivity contribution in [1.82, 2.24) is 5.09 Å². The molecule has 0 aromatic heterocycles. The van der Waals surface area contributed by atoms with Crippen molar-refractivity contribution in [3.05, 3.63) is 30.3 Å². The standard InChI is InChI=1S/C10H16NO2P.2Y/c1-9(2)11-14(3,12)13-10-7-5-4-6-8-10;;/h4-9H,1-3H3,(H,11,12);;. The Kier molecular flexibility index (Phi) is 11.6. The van der Waals surface area contributed by atoms with E-state index >= 15 is 0 Å². The largest absolute Gasteiger partial charge is 0.433 e. The molecule has 1 unspecified atom stereocenters. The molecule has 0 bridgehead atoms. The Bertz CT molecular complexity index is 333. The molecule has 1 atom stereocenters. The maximum absolute atomic E-state index is 11.9. The van der Waals surface area contributed by atoms with Gasteiger partial charge in [0.15, 0.2) is 0 Å². The fourth-order valence-corrected chi connectivity index (χ4v) is 2.69. The number of hydrogen-bond acceptors (Lipinski definition) is 2. The Balaban J connectivity index is 0. The van der Waals surface area contributed by atoms with Gasteiger partial charge in [0.1, 0.15) is 5.75 Å². The predicted octanol–water partition coefficient (Wildman–Crippen LogP) is 2.88. The Morgan fingerprint density at radius 3 is 2.12 bits per heavy atom. The number of hydrogen-bond donors (Lipinski definition) is 1. The van der Waals surface area contributed by atoms with E-state index in [1.807, 2.05) is 32.0 Å². The molecule has 1 rings (SSSR count). The molecule has 0 fully saturated rings. The van der Waals surface area contributed by atoms with Crippen molar-refractivity contribution in [2.75, 3.05) is 6.66 Å². The summed E-state index contributed by atoms with van der Waals surface area (Å²) in [7, 11) is -2.72. The SMILES string of the molecule is CC(C)NP(C)(=O)Oc1ccccc1.[Y].[Y]. The van der Waals surface area contributed by atoms with Gasteiger partial charge in [-0.1, -0.05) is 18.2 Å². The minimum absolute atomic E-state index is 0. The maximum Gasteiger partial charge on any atom is 0.313 e. The second kappa shape index (κ2) is 9.36. The van der Waals surface area contributed by atoms with E-state index < -0.39 is 7.52 Å². The van der Waals surface area contributed by atoms with Gasteiger partial charge in [0.05, 0.1) is 0 Å². The molecule has 0 heterocycles. The van der Waals surface area contributed by atoms with Gasteiger partial charge in [0.2, 0.25) is 0 Å². The van der Waals surface area contributed by atoms with E-state index in [1.54, 1.807) is 18.8 Å². The van der Waals surface area contributed by atoms with Crippen molar-refractivity contribution < 1.29 is 74.5 Å².